The molecule has 2 amide bonds. The van der Waals surface area contributed by atoms with E-state index >= 15 is 0 Å². The average Bonchev–Trinajstić information content (AvgIpc) is 3.04. The van der Waals surface area contributed by atoms with Crippen LogP contribution in [0.1, 0.15) is 50.5 Å². The molecule has 11 heteroatoms. The number of ketones is 1. The fourth-order valence-corrected chi connectivity index (χ4v) is 5.62. The molecule has 182 valence electrons. The van der Waals surface area contributed by atoms with Gasteiger partial charge >= 0.3 is 0 Å². The number of aromatic nitrogens is 1. The Balaban J connectivity index is 1.87. The number of terminal acetylenes is 1. The maximum absolute atomic E-state index is 13.6. The maximum atomic E-state index is 13.6. The summed E-state index contributed by atoms with van der Waals surface area (Å²) in [5.41, 5.74) is -0.611. The Hall–Kier alpha value is -3.96. The summed E-state index contributed by atoms with van der Waals surface area (Å²) in [6.07, 6.45) is 5.56. The second-order valence-corrected chi connectivity index (χ2v) is 10.7. The third-order valence-corrected chi connectivity index (χ3v) is 7.88. The Labute approximate surface area is 202 Å². The smallest absolute Gasteiger partial charge is 0.293 e. The van der Waals surface area contributed by atoms with Crippen molar-refractivity contribution in [2.75, 3.05) is 16.8 Å². The summed E-state index contributed by atoms with van der Waals surface area (Å²) in [7, 11) is -1.70. The van der Waals surface area contributed by atoms with E-state index in [0.29, 0.717) is 5.69 Å². The number of nitrogens with zero attached hydrogens (tertiary/aromatic N) is 2. The number of Topliss-reactive ketones (excluding diaryl/α,β-unsaturated/α-hetero) is 1. The van der Waals surface area contributed by atoms with Gasteiger partial charge in [0, 0.05) is 18.4 Å². The standard InChI is InChI=1S/C24H23FN4O5S/c1-5-24(8-10-35(33,34)11-9-24)28-23(32)21(30)19-14(2)20(29(4)15(19)3)22(31)27-17-6-7-18(25)16(12-17)13-26/h1,6-7,12H,8-11H2,2-4H3,(H,27,31)(H,28,32). The first-order chi connectivity index (χ1) is 16.3. The molecule has 35 heavy (non-hydrogen) atoms. The van der Waals surface area contributed by atoms with Crippen LogP contribution >= 0.6 is 0 Å². The van der Waals surface area contributed by atoms with Crippen LogP contribution in [0.5, 0.6) is 0 Å². The van der Waals surface area contributed by atoms with E-state index < -0.39 is 38.8 Å². The number of carbonyl (C=O) groups is 3. The number of amides is 2. The van der Waals surface area contributed by atoms with Gasteiger partial charge < -0.3 is 15.2 Å². The highest BCUT2D eigenvalue weighted by molar-refractivity contribution is 7.91. The van der Waals surface area contributed by atoms with Crippen molar-refractivity contribution in [3.8, 4) is 18.4 Å². The van der Waals surface area contributed by atoms with Gasteiger partial charge in [-0.3, -0.25) is 14.4 Å². The minimum absolute atomic E-state index is 0.00633. The molecule has 0 saturated carbocycles. The molecule has 1 saturated heterocycles. The molecule has 0 unspecified atom stereocenters. The molecule has 2 aromatic rings. The van der Waals surface area contributed by atoms with E-state index in [0.717, 1.165) is 6.07 Å². The first kappa shape index (κ1) is 25.7. The molecule has 1 aliphatic heterocycles. The minimum atomic E-state index is -3.25. The number of sulfone groups is 1. The summed E-state index contributed by atoms with van der Waals surface area (Å²) in [6, 6.07) is 5.22. The Morgan fingerprint density at radius 2 is 1.83 bits per heavy atom. The fourth-order valence-electron chi connectivity index (χ4n) is 4.09. The number of rotatable bonds is 5. The number of anilines is 1. The number of hydrogen-bond donors (Lipinski definition) is 2. The lowest BCUT2D eigenvalue weighted by atomic mass is 9.92. The van der Waals surface area contributed by atoms with Crippen molar-refractivity contribution in [1.29, 1.82) is 5.26 Å². The van der Waals surface area contributed by atoms with Gasteiger partial charge in [0.1, 0.15) is 23.1 Å². The molecule has 0 spiro atoms. The Bertz CT molecular complexity index is 1430. The van der Waals surface area contributed by atoms with E-state index in [1.54, 1.807) is 20.0 Å². The number of nitrogens with one attached hydrogen (secondary N) is 2. The molecule has 1 fully saturated rings. The molecule has 0 aliphatic carbocycles. The Kier molecular flexibility index (Phi) is 6.86. The second kappa shape index (κ2) is 9.35. The summed E-state index contributed by atoms with van der Waals surface area (Å²) in [5.74, 6) is -1.23. The van der Waals surface area contributed by atoms with Crippen LogP contribution in [-0.4, -0.2) is 47.6 Å². The highest BCUT2D eigenvalue weighted by atomic mass is 32.2. The van der Waals surface area contributed by atoms with Gasteiger partial charge in [-0.1, -0.05) is 5.92 Å². The van der Waals surface area contributed by atoms with Gasteiger partial charge in [0.05, 0.1) is 22.6 Å². The lowest BCUT2D eigenvalue weighted by Crippen LogP contribution is -2.54. The van der Waals surface area contributed by atoms with Crippen LogP contribution in [0.3, 0.4) is 0 Å². The fraction of sp³-hybridized carbons (Fsp3) is 0.333. The first-order valence-electron chi connectivity index (χ1n) is 10.6. The van der Waals surface area contributed by atoms with Crippen LogP contribution in [0.2, 0.25) is 0 Å². The Morgan fingerprint density at radius 1 is 1.20 bits per heavy atom. The summed E-state index contributed by atoms with van der Waals surface area (Å²) in [5, 5.41) is 14.1. The van der Waals surface area contributed by atoms with Crippen LogP contribution in [0, 0.1) is 43.3 Å². The Morgan fingerprint density at radius 3 is 2.40 bits per heavy atom. The van der Waals surface area contributed by atoms with Crippen LogP contribution in [0.4, 0.5) is 10.1 Å². The van der Waals surface area contributed by atoms with Crippen LogP contribution < -0.4 is 10.6 Å². The zero-order valence-electron chi connectivity index (χ0n) is 19.4. The molecule has 3 rings (SSSR count). The monoisotopic (exact) mass is 498 g/mol. The van der Waals surface area contributed by atoms with E-state index in [-0.39, 0.29) is 52.4 Å². The highest BCUT2D eigenvalue weighted by Crippen LogP contribution is 2.26. The zero-order valence-corrected chi connectivity index (χ0v) is 20.2. The van der Waals surface area contributed by atoms with Gasteiger partial charge in [0.25, 0.3) is 17.6 Å². The number of nitriles is 1. The van der Waals surface area contributed by atoms with Gasteiger partial charge in [-0.2, -0.15) is 5.26 Å². The van der Waals surface area contributed by atoms with E-state index in [9.17, 15) is 27.2 Å². The van der Waals surface area contributed by atoms with Crippen LogP contribution in [-0.2, 0) is 21.7 Å². The molecule has 1 aromatic carbocycles. The topological polar surface area (TPSA) is 138 Å². The molecular weight excluding hydrogens is 475 g/mol. The minimum Gasteiger partial charge on any atom is -0.343 e. The van der Waals surface area contributed by atoms with E-state index in [1.165, 1.54) is 23.6 Å². The predicted molar refractivity (Wildman–Crippen MR) is 126 cm³/mol. The molecule has 1 aromatic heterocycles. The predicted octanol–water partition coefficient (Wildman–Crippen LogP) is 1.78. The number of halogens is 1. The number of benzene rings is 1. The molecule has 0 radical (unpaired) electrons. The van der Waals surface area contributed by atoms with Gasteiger partial charge in [0.2, 0.25) is 0 Å². The molecule has 0 atom stereocenters. The normalized spacial score (nSPS) is 15.9. The molecule has 9 nitrogen and oxygen atoms in total. The molecule has 2 heterocycles. The van der Waals surface area contributed by atoms with E-state index in [4.69, 9.17) is 11.7 Å². The van der Waals surface area contributed by atoms with Crippen molar-refractivity contribution in [2.45, 2.75) is 32.2 Å². The summed E-state index contributed by atoms with van der Waals surface area (Å²) in [6.45, 7) is 3.08. The SMILES string of the molecule is C#CC1(NC(=O)C(=O)c2c(C)c(C(=O)Nc3ccc(F)c(C#N)c3)n(C)c2C)CCS(=O)(=O)CC1. The molecule has 2 N–H and O–H groups in total. The quantitative estimate of drug-likeness (QED) is 0.366. The van der Waals surface area contributed by atoms with Crippen LogP contribution in [0.15, 0.2) is 18.2 Å². The lowest BCUT2D eigenvalue weighted by Gasteiger charge is -2.32. The zero-order chi connectivity index (χ0) is 26.1. The van der Waals surface area contributed by atoms with Crippen molar-refractivity contribution in [3.05, 3.63) is 52.1 Å². The maximum Gasteiger partial charge on any atom is 0.293 e. The van der Waals surface area contributed by atoms with Gasteiger partial charge in [-0.05, 0) is 50.5 Å². The van der Waals surface area contributed by atoms with Gasteiger partial charge in [-0.15, -0.1) is 6.42 Å². The lowest BCUT2D eigenvalue weighted by molar-refractivity contribution is -0.118. The summed E-state index contributed by atoms with van der Waals surface area (Å²) < 4.78 is 38.5. The summed E-state index contributed by atoms with van der Waals surface area (Å²) in [4.78, 5) is 38.9. The molecule has 1 aliphatic rings. The average molecular weight is 499 g/mol. The first-order valence-corrected chi connectivity index (χ1v) is 12.4. The molecule has 0 bridgehead atoms. The third kappa shape index (κ3) is 4.96. The van der Waals surface area contributed by atoms with E-state index in [1.807, 2.05) is 0 Å². The third-order valence-electron chi connectivity index (χ3n) is 6.23. The van der Waals surface area contributed by atoms with Gasteiger partial charge in [-0.25, -0.2) is 12.8 Å². The van der Waals surface area contributed by atoms with Crippen molar-refractivity contribution in [1.82, 2.24) is 9.88 Å². The summed E-state index contributed by atoms with van der Waals surface area (Å²) >= 11 is 0. The van der Waals surface area contributed by atoms with Crippen LogP contribution in [0.25, 0.3) is 0 Å². The van der Waals surface area contributed by atoms with Gasteiger partial charge in [0.15, 0.2) is 9.84 Å². The van der Waals surface area contributed by atoms with Crippen molar-refractivity contribution in [2.24, 2.45) is 7.05 Å². The number of carbonyl (C=O) groups excluding carboxylic acids is 3. The van der Waals surface area contributed by atoms with Crippen molar-refractivity contribution >= 4 is 33.1 Å². The largest absolute Gasteiger partial charge is 0.343 e. The van der Waals surface area contributed by atoms with Crippen molar-refractivity contribution in [3.63, 3.8) is 0 Å². The molecular formula is C24H23FN4O5S. The number of hydrogen-bond acceptors (Lipinski definition) is 6. The van der Waals surface area contributed by atoms with Crippen molar-refractivity contribution < 1.29 is 27.2 Å². The van der Waals surface area contributed by atoms with E-state index in [2.05, 4.69) is 16.6 Å². The highest BCUT2D eigenvalue weighted by Gasteiger charge is 2.39. The second-order valence-electron chi connectivity index (χ2n) is 8.42.